The molecule has 4 N–H and O–H groups in total. The molecule has 0 heterocycles. The van der Waals surface area contributed by atoms with E-state index in [0.717, 1.165) is 44.9 Å². The summed E-state index contributed by atoms with van der Waals surface area (Å²) in [6.07, 6.45) is 41.2. The van der Waals surface area contributed by atoms with Crippen molar-refractivity contribution < 1.29 is 42.7 Å². The predicted octanol–water partition coefficient (Wildman–Crippen LogP) is 12.1. The van der Waals surface area contributed by atoms with Gasteiger partial charge in [-0.25, -0.2) is 4.57 Å². The van der Waals surface area contributed by atoms with Gasteiger partial charge in [0.25, 0.3) is 0 Å². The van der Waals surface area contributed by atoms with Crippen LogP contribution in [0.5, 0.6) is 0 Å². The van der Waals surface area contributed by atoms with E-state index in [2.05, 4.69) is 26.0 Å². The molecule has 320 valence electrons. The Morgan fingerprint density at radius 2 is 0.963 bits per heavy atom. The first kappa shape index (κ1) is 52.7. The number of allylic oxidation sites excluding steroid dienone is 2. The summed E-state index contributed by atoms with van der Waals surface area (Å²) in [5, 5.41) is 8.89. The van der Waals surface area contributed by atoms with Crippen LogP contribution in [0.1, 0.15) is 213 Å². The molecule has 10 nitrogen and oxygen atoms in total. The van der Waals surface area contributed by atoms with Gasteiger partial charge in [-0.15, -0.1) is 0 Å². The highest BCUT2D eigenvalue weighted by Crippen LogP contribution is 2.43. The highest BCUT2D eigenvalue weighted by Gasteiger charge is 2.27. The molecule has 0 aliphatic carbocycles. The number of aliphatic carboxylic acids is 1. The molecule has 0 aliphatic heterocycles. The Labute approximate surface area is 331 Å². The van der Waals surface area contributed by atoms with E-state index in [9.17, 15) is 19.0 Å². The lowest BCUT2D eigenvalue weighted by Gasteiger charge is -2.20. The van der Waals surface area contributed by atoms with Crippen molar-refractivity contribution in [2.45, 2.75) is 225 Å². The molecule has 11 heteroatoms. The fourth-order valence-electron chi connectivity index (χ4n) is 6.31. The van der Waals surface area contributed by atoms with Crippen molar-refractivity contribution in [1.82, 2.24) is 0 Å². The summed E-state index contributed by atoms with van der Waals surface area (Å²) in [7, 11) is -4.61. The lowest BCUT2D eigenvalue weighted by molar-refractivity contribution is -0.154. The fourth-order valence-corrected chi connectivity index (χ4v) is 7.08. The molecule has 0 fully saturated rings. The molecule has 0 aromatic rings. The number of hydrogen-bond acceptors (Lipinski definition) is 8. The molecule has 3 unspecified atom stereocenters. The van der Waals surface area contributed by atoms with Crippen LogP contribution in [0.3, 0.4) is 0 Å². The zero-order chi connectivity index (χ0) is 39.8. The van der Waals surface area contributed by atoms with Crippen LogP contribution in [-0.2, 0) is 32.7 Å². The SMILES string of the molecule is CCCCCC/C=C\CCCCCCCCOCC(COP(=O)(O)OCC(N)C(=O)O)OC(=O)CCCCCCCCCCCCCCCCCCCC. The highest BCUT2D eigenvalue weighted by molar-refractivity contribution is 7.47. The minimum atomic E-state index is -4.61. The Kier molecular flexibility index (Phi) is 39.0. The van der Waals surface area contributed by atoms with Crippen molar-refractivity contribution in [1.29, 1.82) is 0 Å². The maximum atomic E-state index is 12.6. The van der Waals surface area contributed by atoms with E-state index in [1.807, 2.05) is 0 Å². The minimum Gasteiger partial charge on any atom is -0.480 e. The van der Waals surface area contributed by atoms with E-state index < -0.39 is 45.1 Å². The van der Waals surface area contributed by atoms with E-state index in [1.165, 1.54) is 148 Å². The number of rotatable bonds is 43. The Morgan fingerprint density at radius 3 is 1.43 bits per heavy atom. The average Bonchev–Trinajstić information content (AvgIpc) is 3.15. The number of carbonyl (C=O) groups excluding carboxylic acids is 1. The number of carbonyl (C=O) groups is 2. The third-order valence-corrected chi connectivity index (χ3v) is 10.7. The van der Waals surface area contributed by atoms with Gasteiger partial charge in [-0.2, -0.15) is 0 Å². The molecule has 0 aliphatic rings. The molecule has 0 aromatic carbocycles. The van der Waals surface area contributed by atoms with Gasteiger partial charge in [0.1, 0.15) is 12.1 Å². The third-order valence-electron chi connectivity index (χ3n) is 9.79. The quantitative estimate of drug-likeness (QED) is 0.0235. The molecular formula is C43H84NO9P. The zero-order valence-electron chi connectivity index (χ0n) is 34.8. The monoisotopic (exact) mass is 790 g/mol. The zero-order valence-corrected chi connectivity index (χ0v) is 35.7. The average molecular weight is 790 g/mol. The molecule has 54 heavy (non-hydrogen) atoms. The van der Waals surface area contributed by atoms with E-state index in [0.29, 0.717) is 6.61 Å². The van der Waals surface area contributed by atoms with Crippen molar-refractivity contribution in [3.05, 3.63) is 12.2 Å². The summed E-state index contributed by atoms with van der Waals surface area (Å²) >= 11 is 0. The van der Waals surface area contributed by atoms with Gasteiger partial charge in [0.15, 0.2) is 0 Å². The van der Waals surface area contributed by atoms with Crippen molar-refractivity contribution in [2.24, 2.45) is 5.73 Å². The Bertz CT molecular complexity index is 919. The van der Waals surface area contributed by atoms with Crippen LogP contribution in [0, 0.1) is 0 Å². The van der Waals surface area contributed by atoms with E-state index in [1.54, 1.807) is 0 Å². The van der Waals surface area contributed by atoms with Gasteiger partial charge in [-0.1, -0.05) is 180 Å². The lowest BCUT2D eigenvalue weighted by atomic mass is 10.0. The molecule has 0 rings (SSSR count). The topological polar surface area (TPSA) is 155 Å². The number of esters is 1. The Hall–Kier alpha value is -1.29. The maximum absolute atomic E-state index is 12.6. The standard InChI is InChI=1S/C43H84NO9P/c1-3-5-7-9-11-13-15-17-19-20-21-22-23-25-27-29-31-33-35-42(45)53-40(38-51-54(48,49)52-39-41(44)43(46)47)37-50-36-34-32-30-28-26-24-18-16-14-12-10-8-6-4-2/h14,16,40-41H,3-13,15,17-39,44H2,1-2H3,(H,46,47)(H,48,49)/b16-14-. The van der Waals surface area contributed by atoms with Gasteiger partial charge >= 0.3 is 19.8 Å². The molecule has 3 atom stereocenters. The lowest BCUT2D eigenvalue weighted by Crippen LogP contribution is -2.34. The molecular weight excluding hydrogens is 705 g/mol. The molecule has 0 aromatic heterocycles. The summed E-state index contributed by atoms with van der Waals surface area (Å²) in [6.45, 7) is 3.89. The predicted molar refractivity (Wildman–Crippen MR) is 222 cm³/mol. The van der Waals surface area contributed by atoms with Gasteiger partial charge in [0, 0.05) is 13.0 Å². The number of carboxylic acids is 1. The fraction of sp³-hybridized carbons (Fsp3) is 0.907. The number of nitrogens with two attached hydrogens (primary N) is 1. The van der Waals surface area contributed by atoms with Gasteiger partial charge in [0.05, 0.1) is 19.8 Å². The number of phosphoric ester groups is 1. The first-order valence-electron chi connectivity index (χ1n) is 22.2. The second-order valence-electron chi connectivity index (χ2n) is 15.2. The van der Waals surface area contributed by atoms with Crippen molar-refractivity contribution >= 4 is 19.8 Å². The van der Waals surface area contributed by atoms with Crippen LogP contribution in [-0.4, -0.2) is 60.5 Å². The Morgan fingerprint density at radius 1 is 0.574 bits per heavy atom. The smallest absolute Gasteiger partial charge is 0.472 e. The number of ether oxygens (including phenoxy) is 2. The van der Waals surface area contributed by atoms with Gasteiger partial charge in [-0.3, -0.25) is 18.6 Å². The molecule has 0 saturated heterocycles. The summed E-state index contributed by atoms with van der Waals surface area (Å²) in [4.78, 5) is 33.5. The van der Waals surface area contributed by atoms with Gasteiger partial charge in [-0.05, 0) is 38.5 Å². The minimum absolute atomic E-state index is 0.0181. The molecule has 0 saturated carbocycles. The number of phosphoric acid groups is 1. The molecule has 0 radical (unpaired) electrons. The maximum Gasteiger partial charge on any atom is 0.472 e. The largest absolute Gasteiger partial charge is 0.480 e. The van der Waals surface area contributed by atoms with Crippen LogP contribution >= 0.6 is 7.82 Å². The first-order chi connectivity index (χ1) is 26.2. The van der Waals surface area contributed by atoms with Crippen LogP contribution in [0.2, 0.25) is 0 Å². The third kappa shape index (κ3) is 39.0. The number of hydrogen-bond donors (Lipinski definition) is 3. The summed E-state index contributed by atoms with van der Waals surface area (Å²) in [6, 6.07) is -1.47. The van der Waals surface area contributed by atoms with Crippen molar-refractivity contribution in [3.63, 3.8) is 0 Å². The molecule has 0 spiro atoms. The van der Waals surface area contributed by atoms with Gasteiger partial charge < -0.3 is 25.2 Å². The second-order valence-corrected chi connectivity index (χ2v) is 16.6. The summed E-state index contributed by atoms with van der Waals surface area (Å²) < 4.78 is 33.3. The molecule has 0 amide bonds. The van der Waals surface area contributed by atoms with Crippen LogP contribution in [0.4, 0.5) is 0 Å². The normalized spacial score (nSPS) is 14.0. The highest BCUT2D eigenvalue weighted by atomic mass is 31.2. The molecule has 0 bridgehead atoms. The van der Waals surface area contributed by atoms with Gasteiger partial charge in [0.2, 0.25) is 0 Å². The van der Waals surface area contributed by atoms with Crippen LogP contribution < -0.4 is 5.73 Å². The van der Waals surface area contributed by atoms with E-state index >= 15 is 0 Å². The van der Waals surface area contributed by atoms with Crippen molar-refractivity contribution in [3.8, 4) is 0 Å². The van der Waals surface area contributed by atoms with Crippen molar-refractivity contribution in [2.75, 3.05) is 26.4 Å². The summed E-state index contributed by atoms with van der Waals surface area (Å²) in [5.74, 6) is -1.77. The van der Waals surface area contributed by atoms with Crippen LogP contribution in [0.25, 0.3) is 0 Å². The number of carboxylic acid groups (broad SMARTS) is 1. The second kappa shape index (κ2) is 39.9. The Balaban J connectivity index is 4.19. The number of unbranched alkanes of at least 4 members (excludes halogenated alkanes) is 27. The van der Waals surface area contributed by atoms with Crippen LogP contribution in [0.15, 0.2) is 12.2 Å². The van der Waals surface area contributed by atoms with E-state index in [-0.39, 0.29) is 13.0 Å². The first-order valence-corrected chi connectivity index (χ1v) is 23.7. The van der Waals surface area contributed by atoms with E-state index in [4.69, 9.17) is 29.4 Å². The summed E-state index contributed by atoms with van der Waals surface area (Å²) in [5.41, 5.74) is 5.35.